The maximum Gasteiger partial charge on any atom is 0.222 e. The van der Waals surface area contributed by atoms with Gasteiger partial charge in [-0.2, -0.15) is 0 Å². The van der Waals surface area contributed by atoms with Crippen LogP contribution in [0.25, 0.3) is 5.70 Å². The third-order valence-corrected chi connectivity index (χ3v) is 3.66. The Morgan fingerprint density at radius 3 is 2.52 bits per heavy atom. The zero-order chi connectivity index (χ0) is 17.6. The van der Waals surface area contributed by atoms with E-state index in [9.17, 15) is 0 Å². The number of aromatic nitrogens is 1. The van der Waals surface area contributed by atoms with E-state index in [-0.39, 0.29) is 0 Å². The van der Waals surface area contributed by atoms with Crippen molar-refractivity contribution >= 4 is 17.6 Å². The Labute approximate surface area is 147 Å². The lowest BCUT2D eigenvalue weighted by Gasteiger charge is -2.09. The molecule has 3 rings (SSSR count). The number of benzene rings is 2. The van der Waals surface area contributed by atoms with E-state index in [4.69, 9.17) is 10.5 Å². The number of nitrogens with two attached hydrogens (primary N) is 1. The normalized spacial score (nSPS) is 10.8. The van der Waals surface area contributed by atoms with Crippen molar-refractivity contribution in [3.63, 3.8) is 0 Å². The zero-order valence-electron chi connectivity index (χ0n) is 14.0. The Balaban J connectivity index is 1.81. The molecule has 0 bridgehead atoms. The summed E-state index contributed by atoms with van der Waals surface area (Å²) in [6.07, 6.45) is 1.69. The van der Waals surface area contributed by atoms with Gasteiger partial charge in [-0.1, -0.05) is 49.0 Å². The first kappa shape index (κ1) is 16.5. The Kier molecular flexibility index (Phi) is 4.90. The highest BCUT2D eigenvalue weighted by Gasteiger charge is 2.07. The fourth-order valence-electron chi connectivity index (χ4n) is 2.22. The van der Waals surface area contributed by atoms with Crippen LogP contribution in [-0.2, 0) is 0 Å². The standard InChI is InChI=1S/C21H19N3O/c1-15-12-13-20(24-21(15)25-18-9-4-3-5-10-18)16(2)23-14-17-8-6-7-11-19(17)22/h3-14H,2,22H2,1H3. The summed E-state index contributed by atoms with van der Waals surface area (Å²) in [5, 5.41) is 0. The van der Waals surface area contributed by atoms with Gasteiger partial charge in [0, 0.05) is 23.0 Å². The first-order valence-corrected chi connectivity index (χ1v) is 7.92. The van der Waals surface area contributed by atoms with Crippen molar-refractivity contribution in [1.29, 1.82) is 0 Å². The van der Waals surface area contributed by atoms with Gasteiger partial charge in [-0.15, -0.1) is 0 Å². The van der Waals surface area contributed by atoms with Gasteiger partial charge in [-0.25, -0.2) is 4.98 Å². The van der Waals surface area contributed by atoms with Gasteiger partial charge >= 0.3 is 0 Å². The van der Waals surface area contributed by atoms with Crippen molar-refractivity contribution in [2.45, 2.75) is 6.92 Å². The highest BCUT2D eigenvalue weighted by atomic mass is 16.5. The van der Waals surface area contributed by atoms with Crippen LogP contribution in [0.4, 0.5) is 5.69 Å². The number of ether oxygens (including phenoxy) is 1. The van der Waals surface area contributed by atoms with Crippen LogP contribution in [-0.4, -0.2) is 11.2 Å². The van der Waals surface area contributed by atoms with Crippen LogP contribution in [0.1, 0.15) is 16.8 Å². The van der Waals surface area contributed by atoms with Crippen molar-refractivity contribution in [3.8, 4) is 11.6 Å². The number of aryl methyl sites for hydroxylation is 1. The summed E-state index contributed by atoms with van der Waals surface area (Å²) in [7, 11) is 0. The number of nitrogen functional groups attached to an aromatic ring is 1. The molecule has 1 heterocycles. The predicted molar refractivity (Wildman–Crippen MR) is 103 cm³/mol. The molecule has 124 valence electrons. The molecule has 2 N–H and O–H groups in total. The van der Waals surface area contributed by atoms with Gasteiger partial charge in [-0.3, -0.25) is 4.99 Å². The first-order valence-electron chi connectivity index (χ1n) is 7.92. The lowest BCUT2D eigenvalue weighted by molar-refractivity contribution is 0.458. The van der Waals surface area contributed by atoms with Crippen LogP contribution in [0.5, 0.6) is 11.6 Å². The van der Waals surface area contributed by atoms with Gasteiger partial charge in [0.2, 0.25) is 5.88 Å². The Bertz CT molecular complexity index is 917. The summed E-state index contributed by atoms with van der Waals surface area (Å²) in [4.78, 5) is 8.92. The van der Waals surface area contributed by atoms with Crippen LogP contribution < -0.4 is 10.5 Å². The Hall–Kier alpha value is -3.40. The number of aliphatic imine (C=N–C) groups is 1. The minimum absolute atomic E-state index is 0.541. The summed E-state index contributed by atoms with van der Waals surface area (Å²) in [5.74, 6) is 1.28. The topological polar surface area (TPSA) is 60.5 Å². The van der Waals surface area contributed by atoms with E-state index in [0.29, 0.717) is 23.0 Å². The van der Waals surface area contributed by atoms with E-state index in [1.165, 1.54) is 0 Å². The van der Waals surface area contributed by atoms with E-state index >= 15 is 0 Å². The number of hydrogen-bond acceptors (Lipinski definition) is 4. The first-order chi connectivity index (χ1) is 12.1. The van der Waals surface area contributed by atoms with E-state index in [2.05, 4.69) is 16.6 Å². The molecule has 2 aromatic carbocycles. The van der Waals surface area contributed by atoms with Crippen LogP contribution in [0, 0.1) is 6.92 Å². The van der Waals surface area contributed by atoms with Crippen molar-refractivity contribution in [2.75, 3.05) is 5.73 Å². The molecule has 0 atom stereocenters. The zero-order valence-corrected chi connectivity index (χ0v) is 14.0. The molecule has 0 radical (unpaired) electrons. The molecule has 0 fully saturated rings. The Morgan fingerprint density at radius 2 is 1.76 bits per heavy atom. The molecule has 3 aromatic rings. The average Bonchev–Trinajstić information content (AvgIpc) is 2.63. The molecule has 0 saturated heterocycles. The van der Waals surface area contributed by atoms with Gasteiger partial charge in [0.25, 0.3) is 0 Å². The van der Waals surface area contributed by atoms with Crippen molar-refractivity contribution < 1.29 is 4.74 Å². The SMILES string of the molecule is C=C(N=Cc1ccccc1N)c1ccc(C)c(Oc2ccccc2)n1. The van der Waals surface area contributed by atoms with Crippen molar-refractivity contribution in [1.82, 2.24) is 4.98 Å². The molecule has 1 aromatic heterocycles. The second-order valence-corrected chi connectivity index (χ2v) is 5.57. The average molecular weight is 329 g/mol. The summed E-state index contributed by atoms with van der Waals surface area (Å²) >= 11 is 0. The number of anilines is 1. The quantitative estimate of drug-likeness (QED) is 0.537. The molecule has 4 heteroatoms. The number of para-hydroxylation sites is 2. The van der Waals surface area contributed by atoms with Crippen molar-refractivity contribution in [2.24, 2.45) is 4.99 Å². The molecule has 0 amide bonds. The second kappa shape index (κ2) is 7.45. The third-order valence-electron chi connectivity index (χ3n) is 3.66. The third kappa shape index (κ3) is 4.12. The van der Waals surface area contributed by atoms with Crippen molar-refractivity contribution in [3.05, 3.63) is 90.1 Å². The minimum atomic E-state index is 0.541. The summed E-state index contributed by atoms with van der Waals surface area (Å²) < 4.78 is 5.86. The predicted octanol–water partition coefficient (Wildman–Crippen LogP) is 4.85. The van der Waals surface area contributed by atoms with E-state index in [1.807, 2.05) is 73.7 Å². The van der Waals surface area contributed by atoms with Gasteiger partial charge in [0.1, 0.15) is 5.75 Å². The molecule has 0 saturated carbocycles. The molecule has 4 nitrogen and oxygen atoms in total. The fraction of sp³-hybridized carbons (Fsp3) is 0.0476. The lowest BCUT2D eigenvalue weighted by atomic mass is 10.2. The molecular weight excluding hydrogens is 310 g/mol. The van der Waals surface area contributed by atoms with Gasteiger partial charge in [0.05, 0.1) is 11.4 Å². The van der Waals surface area contributed by atoms with Gasteiger partial charge in [-0.05, 0) is 31.2 Å². The van der Waals surface area contributed by atoms with E-state index < -0.39 is 0 Å². The second-order valence-electron chi connectivity index (χ2n) is 5.57. The highest BCUT2D eigenvalue weighted by molar-refractivity contribution is 5.90. The maximum absolute atomic E-state index is 5.92. The van der Waals surface area contributed by atoms with Crippen LogP contribution >= 0.6 is 0 Å². The maximum atomic E-state index is 5.92. The molecule has 0 aliphatic carbocycles. The number of rotatable bonds is 5. The van der Waals surface area contributed by atoms with Crippen LogP contribution in [0.3, 0.4) is 0 Å². The summed E-state index contributed by atoms with van der Waals surface area (Å²) in [5.41, 5.74) is 9.57. The number of nitrogens with zero attached hydrogens (tertiary/aromatic N) is 2. The monoisotopic (exact) mass is 329 g/mol. The molecule has 0 aliphatic heterocycles. The van der Waals surface area contributed by atoms with Gasteiger partial charge in [0.15, 0.2) is 0 Å². The molecule has 0 unspecified atom stereocenters. The van der Waals surface area contributed by atoms with Crippen LogP contribution in [0.2, 0.25) is 0 Å². The number of hydrogen-bond donors (Lipinski definition) is 1. The van der Waals surface area contributed by atoms with E-state index in [1.54, 1.807) is 6.21 Å². The van der Waals surface area contributed by atoms with E-state index in [0.717, 1.165) is 16.9 Å². The lowest BCUT2D eigenvalue weighted by Crippen LogP contribution is -1.96. The number of pyridine rings is 1. The molecular formula is C21H19N3O. The van der Waals surface area contributed by atoms with Crippen LogP contribution in [0.15, 0.2) is 78.3 Å². The smallest absolute Gasteiger partial charge is 0.222 e. The summed E-state index contributed by atoms with van der Waals surface area (Å²) in [6.45, 7) is 5.94. The minimum Gasteiger partial charge on any atom is -0.439 e. The van der Waals surface area contributed by atoms with Gasteiger partial charge < -0.3 is 10.5 Å². The fourth-order valence-corrected chi connectivity index (χ4v) is 2.22. The largest absolute Gasteiger partial charge is 0.439 e. The summed E-state index contributed by atoms with van der Waals surface area (Å²) in [6, 6.07) is 20.9. The molecule has 0 aliphatic rings. The molecule has 25 heavy (non-hydrogen) atoms. The Morgan fingerprint density at radius 1 is 1.04 bits per heavy atom. The molecule has 0 spiro atoms. The highest BCUT2D eigenvalue weighted by Crippen LogP contribution is 2.25.